The van der Waals surface area contributed by atoms with E-state index >= 15 is 0 Å². The highest BCUT2D eigenvalue weighted by atomic mass is 16.5. The molecular weight excluding hydrogens is 284 g/mol. The molecule has 122 valence electrons. The predicted molar refractivity (Wildman–Crippen MR) is 81.5 cm³/mol. The zero-order valence-electron chi connectivity index (χ0n) is 13.4. The smallest absolute Gasteiger partial charge is 0.331 e. The van der Waals surface area contributed by atoms with Gasteiger partial charge < -0.3 is 15.4 Å². The Morgan fingerprint density at radius 1 is 1.55 bits per heavy atom. The van der Waals surface area contributed by atoms with Gasteiger partial charge in [0, 0.05) is 12.7 Å². The fourth-order valence-electron chi connectivity index (χ4n) is 2.43. The highest BCUT2D eigenvalue weighted by Crippen LogP contribution is 2.16. The van der Waals surface area contributed by atoms with Crippen LogP contribution in [0, 0.1) is 0 Å². The van der Waals surface area contributed by atoms with Crippen molar-refractivity contribution in [3.63, 3.8) is 0 Å². The first-order valence-corrected chi connectivity index (χ1v) is 7.69. The Morgan fingerprint density at radius 2 is 2.32 bits per heavy atom. The van der Waals surface area contributed by atoms with Gasteiger partial charge in [0.25, 0.3) is 5.91 Å². The second-order valence-corrected chi connectivity index (χ2v) is 5.98. The van der Waals surface area contributed by atoms with Crippen molar-refractivity contribution in [1.82, 2.24) is 20.4 Å². The lowest BCUT2D eigenvalue weighted by molar-refractivity contribution is -0.149. The largest absolute Gasteiger partial charge is 0.464 e. The van der Waals surface area contributed by atoms with E-state index in [2.05, 4.69) is 15.7 Å². The molecule has 1 atom stereocenters. The van der Waals surface area contributed by atoms with Crippen LogP contribution in [0.5, 0.6) is 0 Å². The molecule has 0 spiro atoms. The van der Waals surface area contributed by atoms with Gasteiger partial charge in [-0.1, -0.05) is 0 Å². The van der Waals surface area contributed by atoms with Crippen molar-refractivity contribution >= 4 is 11.9 Å². The topological polar surface area (TPSA) is 85.2 Å². The lowest BCUT2D eigenvalue weighted by atomic mass is 10.1. The zero-order valence-corrected chi connectivity index (χ0v) is 13.4. The number of nitrogens with zero attached hydrogens (tertiary/aromatic N) is 2. The molecule has 7 heteroatoms. The predicted octanol–water partition coefficient (Wildman–Crippen LogP) is 0.879. The van der Waals surface area contributed by atoms with Gasteiger partial charge in [0.05, 0.1) is 12.6 Å². The molecule has 1 amide bonds. The summed E-state index contributed by atoms with van der Waals surface area (Å²) < 4.78 is 6.77. The third-order valence-electron chi connectivity index (χ3n) is 3.70. The quantitative estimate of drug-likeness (QED) is 0.789. The average Bonchev–Trinajstić information content (AvgIpc) is 2.98. The van der Waals surface area contributed by atoms with E-state index in [0.717, 1.165) is 25.9 Å². The monoisotopic (exact) mass is 308 g/mol. The Morgan fingerprint density at radius 3 is 2.95 bits per heavy atom. The first kappa shape index (κ1) is 16.5. The molecule has 0 radical (unpaired) electrons. The van der Waals surface area contributed by atoms with E-state index in [9.17, 15) is 9.59 Å². The van der Waals surface area contributed by atoms with Crippen LogP contribution in [0.25, 0.3) is 0 Å². The second-order valence-electron chi connectivity index (χ2n) is 5.98. The first-order chi connectivity index (χ1) is 10.4. The molecule has 2 rings (SSSR count). The van der Waals surface area contributed by atoms with E-state index in [0.29, 0.717) is 5.69 Å². The van der Waals surface area contributed by atoms with Gasteiger partial charge in [0.15, 0.2) is 0 Å². The Hall–Kier alpha value is -1.89. The Kier molecular flexibility index (Phi) is 5.18. The maximum Gasteiger partial charge on any atom is 0.331 e. The van der Waals surface area contributed by atoms with Gasteiger partial charge in [-0.2, -0.15) is 5.10 Å². The molecule has 1 unspecified atom stereocenters. The molecule has 7 nitrogen and oxygen atoms in total. The second kappa shape index (κ2) is 6.91. The lowest BCUT2D eigenvalue weighted by Crippen LogP contribution is -2.50. The van der Waals surface area contributed by atoms with Crippen LogP contribution in [0.3, 0.4) is 0 Å². The van der Waals surface area contributed by atoms with Crippen LogP contribution < -0.4 is 10.6 Å². The SMILES string of the molecule is CCOC(=O)C(C)(C)NC(=O)c1ccn(C2CCCNC2)n1. The highest BCUT2D eigenvalue weighted by Gasteiger charge is 2.32. The Bertz CT molecular complexity index is 533. The first-order valence-electron chi connectivity index (χ1n) is 7.69. The molecule has 1 aliphatic rings. The van der Waals surface area contributed by atoms with Gasteiger partial charge >= 0.3 is 5.97 Å². The third-order valence-corrected chi connectivity index (χ3v) is 3.70. The van der Waals surface area contributed by atoms with Crippen molar-refractivity contribution < 1.29 is 14.3 Å². The summed E-state index contributed by atoms with van der Waals surface area (Å²) in [6.45, 7) is 7.13. The van der Waals surface area contributed by atoms with Crippen molar-refractivity contribution in [2.75, 3.05) is 19.7 Å². The molecule has 1 saturated heterocycles. The molecule has 2 N–H and O–H groups in total. The number of piperidine rings is 1. The molecule has 2 heterocycles. The van der Waals surface area contributed by atoms with Crippen LogP contribution in [0.2, 0.25) is 0 Å². The fraction of sp³-hybridized carbons (Fsp3) is 0.667. The van der Waals surface area contributed by atoms with E-state index in [4.69, 9.17) is 4.74 Å². The van der Waals surface area contributed by atoms with Gasteiger partial charge in [0.2, 0.25) is 0 Å². The number of nitrogens with one attached hydrogen (secondary N) is 2. The number of hydrogen-bond acceptors (Lipinski definition) is 5. The number of esters is 1. The minimum Gasteiger partial charge on any atom is -0.464 e. The molecular formula is C15H24N4O3. The highest BCUT2D eigenvalue weighted by molar-refractivity contribution is 5.96. The molecule has 1 aliphatic heterocycles. The molecule has 0 saturated carbocycles. The van der Waals surface area contributed by atoms with Crippen LogP contribution in [0.1, 0.15) is 50.1 Å². The summed E-state index contributed by atoms with van der Waals surface area (Å²) in [5.74, 6) is -0.833. The maximum atomic E-state index is 12.3. The maximum absolute atomic E-state index is 12.3. The summed E-state index contributed by atoms with van der Waals surface area (Å²) in [6.07, 6.45) is 3.95. The van der Waals surface area contributed by atoms with Gasteiger partial charge in [0.1, 0.15) is 11.2 Å². The minimum absolute atomic E-state index is 0.272. The van der Waals surface area contributed by atoms with Crippen molar-refractivity contribution in [2.45, 2.75) is 45.2 Å². The van der Waals surface area contributed by atoms with Crippen molar-refractivity contribution in [1.29, 1.82) is 0 Å². The average molecular weight is 308 g/mol. The Labute approximate surface area is 130 Å². The van der Waals surface area contributed by atoms with Crippen LogP contribution in [0.4, 0.5) is 0 Å². The van der Waals surface area contributed by atoms with E-state index < -0.39 is 11.5 Å². The fourth-order valence-corrected chi connectivity index (χ4v) is 2.43. The van der Waals surface area contributed by atoms with E-state index in [1.54, 1.807) is 26.8 Å². The molecule has 1 aromatic rings. The number of aromatic nitrogens is 2. The van der Waals surface area contributed by atoms with Gasteiger partial charge in [-0.15, -0.1) is 0 Å². The molecule has 0 bridgehead atoms. The molecule has 22 heavy (non-hydrogen) atoms. The van der Waals surface area contributed by atoms with E-state index in [-0.39, 0.29) is 18.6 Å². The lowest BCUT2D eigenvalue weighted by Gasteiger charge is -2.24. The number of amides is 1. The number of carbonyl (C=O) groups excluding carboxylic acids is 2. The summed E-state index contributed by atoms with van der Waals surface area (Å²) in [7, 11) is 0. The van der Waals surface area contributed by atoms with E-state index in [1.165, 1.54) is 0 Å². The summed E-state index contributed by atoms with van der Waals surface area (Å²) in [6, 6.07) is 1.94. The minimum atomic E-state index is -1.08. The van der Waals surface area contributed by atoms with Crippen molar-refractivity contribution in [2.24, 2.45) is 0 Å². The zero-order chi connectivity index (χ0) is 16.2. The molecule has 1 aromatic heterocycles. The number of rotatable bonds is 5. The number of carbonyl (C=O) groups is 2. The number of hydrogen-bond donors (Lipinski definition) is 2. The number of ether oxygens (including phenoxy) is 1. The van der Waals surface area contributed by atoms with Crippen LogP contribution in [-0.2, 0) is 9.53 Å². The molecule has 0 aromatic carbocycles. The van der Waals surface area contributed by atoms with Gasteiger partial charge in [-0.25, -0.2) is 4.79 Å². The summed E-state index contributed by atoms with van der Waals surface area (Å²) in [5.41, 5.74) is -0.772. The summed E-state index contributed by atoms with van der Waals surface area (Å²) in [4.78, 5) is 24.1. The normalized spacial score (nSPS) is 18.8. The summed E-state index contributed by atoms with van der Waals surface area (Å²) in [5, 5.41) is 10.3. The van der Waals surface area contributed by atoms with Crippen LogP contribution >= 0.6 is 0 Å². The van der Waals surface area contributed by atoms with Crippen LogP contribution in [0.15, 0.2) is 12.3 Å². The van der Waals surface area contributed by atoms with Crippen LogP contribution in [-0.4, -0.2) is 46.9 Å². The van der Waals surface area contributed by atoms with E-state index in [1.807, 2.05) is 10.9 Å². The van der Waals surface area contributed by atoms with Crippen molar-refractivity contribution in [3.05, 3.63) is 18.0 Å². The standard InChI is InChI=1S/C15H24N4O3/c1-4-22-14(21)15(2,3)17-13(20)12-7-9-19(18-12)11-6-5-8-16-10-11/h7,9,11,16H,4-6,8,10H2,1-3H3,(H,17,20). The molecule has 1 fully saturated rings. The molecule has 0 aliphatic carbocycles. The summed E-state index contributed by atoms with van der Waals surface area (Å²) >= 11 is 0. The Balaban J connectivity index is 2.01. The third kappa shape index (κ3) is 3.85. The van der Waals surface area contributed by atoms with Gasteiger partial charge in [-0.3, -0.25) is 9.48 Å². The van der Waals surface area contributed by atoms with Crippen molar-refractivity contribution in [3.8, 4) is 0 Å². The van der Waals surface area contributed by atoms with Gasteiger partial charge in [-0.05, 0) is 46.2 Å².